The lowest BCUT2D eigenvalue weighted by atomic mass is 9.76. The number of piperidine rings is 1. The van der Waals surface area contributed by atoms with Gasteiger partial charge in [-0.1, -0.05) is 0 Å². The summed E-state index contributed by atoms with van der Waals surface area (Å²) in [5.74, 6) is 0.986. The van der Waals surface area contributed by atoms with Crippen molar-refractivity contribution in [3.63, 3.8) is 0 Å². The van der Waals surface area contributed by atoms with Gasteiger partial charge in [0, 0.05) is 19.1 Å². The number of hydrogen-bond donors (Lipinski definition) is 1. The molecule has 4 nitrogen and oxygen atoms in total. The van der Waals surface area contributed by atoms with Crippen LogP contribution in [0.5, 0.6) is 0 Å². The van der Waals surface area contributed by atoms with E-state index in [9.17, 15) is 8.42 Å². The maximum absolute atomic E-state index is 11.4. The molecule has 2 aliphatic rings. The number of nitrogens with zero attached hydrogens (tertiary/aromatic N) is 1. The van der Waals surface area contributed by atoms with Gasteiger partial charge in [-0.05, 0) is 31.1 Å². The lowest BCUT2D eigenvalue weighted by Gasteiger charge is -2.42. The van der Waals surface area contributed by atoms with Crippen molar-refractivity contribution in [3.05, 3.63) is 0 Å². The van der Waals surface area contributed by atoms with Gasteiger partial charge < -0.3 is 5.73 Å². The van der Waals surface area contributed by atoms with E-state index in [0.717, 1.165) is 12.8 Å². The summed E-state index contributed by atoms with van der Waals surface area (Å²) < 4.78 is 24.4. The number of sulfonamides is 1. The molecule has 0 aromatic carbocycles. The molecule has 0 amide bonds. The van der Waals surface area contributed by atoms with E-state index in [1.165, 1.54) is 12.7 Å². The minimum Gasteiger partial charge on any atom is -0.328 e. The third-order valence-electron chi connectivity index (χ3n) is 3.33. The van der Waals surface area contributed by atoms with Crippen molar-refractivity contribution >= 4 is 10.0 Å². The Morgan fingerprint density at radius 1 is 1.14 bits per heavy atom. The van der Waals surface area contributed by atoms with Gasteiger partial charge in [-0.15, -0.1) is 0 Å². The Balaban J connectivity index is 2.09. The van der Waals surface area contributed by atoms with Gasteiger partial charge in [0.15, 0.2) is 0 Å². The van der Waals surface area contributed by atoms with E-state index in [2.05, 4.69) is 0 Å². The van der Waals surface area contributed by atoms with E-state index in [1.54, 1.807) is 4.31 Å². The summed E-state index contributed by atoms with van der Waals surface area (Å²) in [6.07, 6.45) is 4.44. The van der Waals surface area contributed by atoms with Crippen LogP contribution in [0, 0.1) is 11.8 Å². The molecular formula is C9H18N2O2S. The van der Waals surface area contributed by atoms with Crippen molar-refractivity contribution in [1.29, 1.82) is 0 Å². The average molecular weight is 218 g/mol. The fraction of sp³-hybridized carbons (Fsp3) is 1.00. The molecule has 2 fully saturated rings. The summed E-state index contributed by atoms with van der Waals surface area (Å²) in [4.78, 5) is 0. The van der Waals surface area contributed by atoms with E-state index in [4.69, 9.17) is 5.73 Å². The van der Waals surface area contributed by atoms with Gasteiger partial charge in [-0.3, -0.25) is 0 Å². The SMILES string of the molecule is CS(=O)(=O)N1CC2CC(N)CC(C2)C1. The predicted molar refractivity (Wildman–Crippen MR) is 55.2 cm³/mol. The second kappa shape index (κ2) is 3.47. The highest BCUT2D eigenvalue weighted by molar-refractivity contribution is 7.88. The molecule has 2 N–H and O–H groups in total. The van der Waals surface area contributed by atoms with Crippen molar-refractivity contribution in [1.82, 2.24) is 4.31 Å². The van der Waals surface area contributed by atoms with Crippen LogP contribution < -0.4 is 5.73 Å². The smallest absolute Gasteiger partial charge is 0.211 e. The summed E-state index contributed by atoms with van der Waals surface area (Å²) in [6, 6.07) is 0.292. The monoisotopic (exact) mass is 218 g/mol. The van der Waals surface area contributed by atoms with Crippen LogP contribution in [0.2, 0.25) is 0 Å². The molecular weight excluding hydrogens is 200 g/mol. The van der Waals surface area contributed by atoms with Crippen LogP contribution in [0.25, 0.3) is 0 Å². The van der Waals surface area contributed by atoms with Crippen LogP contribution >= 0.6 is 0 Å². The fourth-order valence-electron chi connectivity index (χ4n) is 2.84. The van der Waals surface area contributed by atoms with Gasteiger partial charge in [0.05, 0.1) is 6.26 Å². The van der Waals surface area contributed by atoms with Crippen LogP contribution in [-0.4, -0.2) is 38.1 Å². The zero-order valence-electron chi connectivity index (χ0n) is 8.52. The number of rotatable bonds is 1. The molecule has 2 unspecified atom stereocenters. The largest absolute Gasteiger partial charge is 0.328 e. The number of hydrogen-bond acceptors (Lipinski definition) is 3. The number of nitrogens with two attached hydrogens (primary N) is 1. The molecule has 1 saturated carbocycles. The number of fused-ring (bicyclic) bond motifs is 2. The highest BCUT2D eigenvalue weighted by atomic mass is 32.2. The van der Waals surface area contributed by atoms with Gasteiger partial charge in [-0.2, -0.15) is 0 Å². The standard InChI is InChI=1S/C9H18N2O2S/c1-14(12,13)11-5-7-2-8(6-11)4-9(10)3-7/h7-9H,2-6,10H2,1H3. The van der Waals surface area contributed by atoms with E-state index in [1.807, 2.05) is 0 Å². The molecule has 0 aromatic rings. The fourth-order valence-corrected chi connectivity index (χ4v) is 3.80. The normalized spacial score (nSPS) is 39.7. The second-order valence-corrected chi connectivity index (χ2v) is 6.76. The second-order valence-electron chi connectivity index (χ2n) is 4.78. The van der Waals surface area contributed by atoms with Crippen LogP contribution in [0.15, 0.2) is 0 Å². The van der Waals surface area contributed by atoms with Gasteiger partial charge in [0.1, 0.15) is 0 Å². The lowest BCUT2D eigenvalue weighted by molar-refractivity contribution is 0.131. The molecule has 82 valence electrons. The first kappa shape index (κ1) is 10.4. The van der Waals surface area contributed by atoms with Crippen molar-refractivity contribution in [2.24, 2.45) is 17.6 Å². The minimum absolute atomic E-state index is 0.292. The van der Waals surface area contributed by atoms with Crippen LogP contribution in [-0.2, 0) is 10.0 Å². The summed E-state index contributed by atoms with van der Waals surface area (Å²) in [6.45, 7) is 1.37. The molecule has 0 radical (unpaired) electrons. The molecule has 1 saturated heterocycles. The Morgan fingerprint density at radius 3 is 2.07 bits per heavy atom. The third-order valence-corrected chi connectivity index (χ3v) is 4.57. The zero-order valence-corrected chi connectivity index (χ0v) is 9.33. The van der Waals surface area contributed by atoms with Crippen LogP contribution in [0.1, 0.15) is 19.3 Å². The van der Waals surface area contributed by atoms with E-state index in [-0.39, 0.29) is 0 Å². The molecule has 0 spiro atoms. The maximum Gasteiger partial charge on any atom is 0.211 e. The minimum atomic E-state index is -2.99. The molecule has 0 aromatic heterocycles. The molecule has 1 aliphatic heterocycles. The van der Waals surface area contributed by atoms with Crippen LogP contribution in [0.3, 0.4) is 0 Å². The first-order valence-corrected chi connectivity index (χ1v) is 7.00. The first-order chi connectivity index (χ1) is 6.45. The molecule has 1 heterocycles. The molecule has 5 heteroatoms. The molecule has 14 heavy (non-hydrogen) atoms. The Labute approximate surface area is 85.5 Å². The first-order valence-electron chi connectivity index (χ1n) is 5.16. The summed E-state index contributed by atoms with van der Waals surface area (Å²) in [5.41, 5.74) is 5.91. The summed E-state index contributed by atoms with van der Waals surface area (Å²) >= 11 is 0. The van der Waals surface area contributed by atoms with Crippen molar-refractivity contribution in [2.45, 2.75) is 25.3 Å². The molecule has 2 rings (SSSR count). The summed E-state index contributed by atoms with van der Waals surface area (Å²) in [7, 11) is -2.99. The van der Waals surface area contributed by atoms with Crippen molar-refractivity contribution in [2.75, 3.05) is 19.3 Å². The van der Waals surface area contributed by atoms with Crippen LogP contribution in [0.4, 0.5) is 0 Å². The van der Waals surface area contributed by atoms with E-state index >= 15 is 0 Å². The van der Waals surface area contributed by atoms with Gasteiger partial charge in [0.25, 0.3) is 0 Å². The zero-order chi connectivity index (χ0) is 10.3. The Bertz CT molecular complexity index is 297. The molecule has 1 aliphatic carbocycles. The molecule has 2 bridgehead atoms. The Morgan fingerprint density at radius 2 is 1.64 bits per heavy atom. The van der Waals surface area contributed by atoms with Gasteiger partial charge >= 0.3 is 0 Å². The highest BCUT2D eigenvalue weighted by Crippen LogP contribution is 2.34. The maximum atomic E-state index is 11.4. The Hall–Kier alpha value is -0.130. The van der Waals surface area contributed by atoms with Crippen molar-refractivity contribution in [3.8, 4) is 0 Å². The highest BCUT2D eigenvalue weighted by Gasteiger charge is 2.36. The average Bonchev–Trinajstić information content (AvgIpc) is 1.99. The quantitative estimate of drug-likeness (QED) is 0.674. The van der Waals surface area contributed by atoms with Gasteiger partial charge in [0.2, 0.25) is 10.0 Å². The molecule has 2 atom stereocenters. The van der Waals surface area contributed by atoms with Gasteiger partial charge in [-0.25, -0.2) is 12.7 Å². The lowest BCUT2D eigenvalue weighted by Crippen LogP contribution is -2.49. The van der Waals surface area contributed by atoms with E-state index in [0.29, 0.717) is 31.0 Å². The van der Waals surface area contributed by atoms with Crippen molar-refractivity contribution < 1.29 is 8.42 Å². The topological polar surface area (TPSA) is 63.4 Å². The predicted octanol–water partition coefficient (Wildman–Crippen LogP) is 0.00520. The summed E-state index contributed by atoms with van der Waals surface area (Å²) in [5, 5.41) is 0. The third kappa shape index (κ3) is 2.10. The Kier molecular flexibility index (Phi) is 2.57. The van der Waals surface area contributed by atoms with E-state index < -0.39 is 10.0 Å².